The molecule has 0 unspecified atom stereocenters. The Morgan fingerprint density at radius 2 is 1.46 bits per heavy atom. The SMILES string of the molecule is CC1CCN(C(=O)C2CCN(C(=O)c3ccc(Br)cc3)CC2)CC1. The van der Waals surface area contributed by atoms with Crippen LogP contribution in [0.15, 0.2) is 28.7 Å². The van der Waals surface area contributed by atoms with Gasteiger partial charge in [0.1, 0.15) is 0 Å². The predicted molar refractivity (Wildman–Crippen MR) is 97.7 cm³/mol. The highest BCUT2D eigenvalue weighted by atomic mass is 79.9. The van der Waals surface area contributed by atoms with Gasteiger partial charge in [0, 0.05) is 42.1 Å². The maximum absolute atomic E-state index is 12.7. The Bertz CT molecular complexity index is 586. The smallest absolute Gasteiger partial charge is 0.253 e. The Labute approximate surface area is 152 Å². The Morgan fingerprint density at radius 3 is 2.04 bits per heavy atom. The summed E-state index contributed by atoms with van der Waals surface area (Å²) in [5, 5.41) is 0. The molecule has 0 saturated carbocycles. The molecular weight excluding hydrogens is 368 g/mol. The maximum Gasteiger partial charge on any atom is 0.253 e. The normalized spacial score (nSPS) is 20.2. The molecule has 0 spiro atoms. The first-order valence-electron chi connectivity index (χ1n) is 8.88. The molecule has 5 heteroatoms. The van der Waals surface area contributed by atoms with Crippen molar-refractivity contribution in [1.29, 1.82) is 0 Å². The average molecular weight is 393 g/mol. The summed E-state index contributed by atoms with van der Waals surface area (Å²) in [5.41, 5.74) is 0.716. The zero-order valence-electron chi connectivity index (χ0n) is 14.2. The van der Waals surface area contributed by atoms with E-state index in [4.69, 9.17) is 0 Å². The number of piperidine rings is 2. The summed E-state index contributed by atoms with van der Waals surface area (Å²) in [5.74, 6) is 1.20. The van der Waals surface area contributed by atoms with E-state index in [1.165, 1.54) is 0 Å². The molecule has 24 heavy (non-hydrogen) atoms. The number of hydrogen-bond acceptors (Lipinski definition) is 2. The molecule has 1 aromatic rings. The maximum atomic E-state index is 12.7. The highest BCUT2D eigenvalue weighted by Gasteiger charge is 2.31. The predicted octanol–water partition coefficient (Wildman–Crippen LogP) is 3.56. The van der Waals surface area contributed by atoms with Gasteiger partial charge in [0.05, 0.1) is 0 Å². The number of benzene rings is 1. The number of likely N-dealkylation sites (tertiary alicyclic amines) is 2. The second-order valence-corrected chi connectivity index (χ2v) is 8.00. The summed E-state index contributed by atoms with van der Waals surface area (Å²) in [6, 6.07) is 7.47. The van der Waals surface area contributed by atoms with Gasteiger partial charge < -0.3 is 9.80 Å². The fourth-order valence-corrected chi connectivity index (χ4v) is 3.86. The van der Waals surface area contributed by atoms with Crippen LogP contribution in [0.1, 0.15) is 43.0 Å². The summed E-state index contributed by atoms with van der Waals surface area (Å²) >= 11 is 3.39. The number of rotatable bonds is 2. The van der Waals surface area contributed by atoms with Crippen molar-refractivity contribution in [2.75, 3.05) is 26.2 Å². The van der Waals surface area contributed by atoms with E-state index in [1.54, 1.807) is 0 Å². The van der Waals surface area contributed by atoms with Crippen molar-refractivity contribution in [3.8, 4) is 0 Å². The summed E-state index contributed by atoms with van der Waals surface area (Å²) in [7, 11) is 0. The fraction of sp³-hybridized carbons (Fsp3) is 0.579. The fourth-order valence-electron chi connectivity index (χ4n) is 3.59. The van der Waals surface area contributed by atoms with E-state index in [-0.39, 0.29) is 11.8 Å². The molecule has 130 valence electrons. The lowest BCUT2D eigenvalue weighted by atomic mass is 9.92. The van der Waals surface area contributed by atoms with Crippen LogP contribution in [0.3, 0.4) is 0 Å². The first kappa shape index (κ1) is 17.5. The van der Waals surface area contributed by atoms with Gasteiger partial charge in [-0.15, -0.1) is 0 Å². The summed E-state index contributed by atoms with van der Waals surface area (Å²) < 4.78 is 0.971. The molecule has 2 amide bonds. The van der Waals surface area contributed by atoms with Gasteiger partial charge in [-0.1, -0.05) is 22.9 Å². The Hall–Kier alpha value is -1.36. The van der Waals surface area contributed by atoms with Crippen LogP contribution in [0, 0.1) is 11.8 Å². The van der Waals surface area contributed by atoms with Crippen molar-refractivity contribution in [3.63, 3.8) is 0 Å². The summed E-state index contributed by atoms with van der Waals surface area (Å²) in [4.78, 5) is 29.1. The average Bonchev–Trinajstić information content (AvgIpc) is 2.62. The standard InChI is InChI=1S/C19H25BrN2O2/c1-14-6-10-21(11-7-14)19(24)16-8-12-22(13-9-16)18(23)15-2-4-17(20)5-3-15/h2-5,14,16H,6-13H2,1H3. The van der Waals surface area contributed by atoms with E-state index in [9.17, 15) is 9.59 Å². The lowest BCUT2D eigenvalue weighted by Gasteiger charge is -2.36. The van der Waals surface area contributed by atoms with Crippen LogP contribution in [0.5, 0.6) is 0 Å². The van der Waals surface area contributed by atoms with Crippen molar-refractivity contribution in [2.45, 2.75) is 32.6 Å². The highest BCUT2D eigenvalue weighted by molar-refractivity contribution is 9.10. The molecule has 2 heterocycles. The van der Waals surface area contributed by atoms with Crippen LogP contribution < -0.4 is 0 Å². The van der Waals surface area contributed by atoms with E-state index in [2.05, 4.69) is 22.9 Å². The van der Waals surface area contributed by atoms with Crippen LogP contribution in [-0.4, -0.2) is 47.8 Å². The van der Waals surface area contributed by atoms with Gasteiger partial charge in [-0.25, -0.2) is 0 Å². The minimum Gasteiger partial charge on any atom is -0.342 e. The first-order valence-corrected chi connectivity index (χ1v) is 9.67. The quantitative estimate of drug-likeness (QED) is 0.771. The second kappa shape index (κ2) is 7.68. The molecule has 3 rings (SSSR count). The molecule has 2 aliphatic heterocycles. The third-order valence-corrected chi connectivity index (χ3v) is 5.85. The van der Waals surface area contributed by atoms with Crippen molar-refractivity contribution < 1.29 is 9.59 Å². The molecule has 0 N–H and O–H groups in total. The van der Waals surface area contributed by atoms with E-state index >= 15 is 0 Å². The molecule has 0 bridgehead atoms. The molecule has 0 atom stereocenters. The van der Waals surface area contributed by atoms with E-state index in [1.807, 2.05) is 34.1 Å². The Morgan fingerprint density at radius 1 is 0.917 bits per heavy atom. The molecule has 2 aliphatic rings. The number of amides is 2. The number of halogens is 1. The summed E-state index contributed by atoms with van der Waals surface area (Å²) in [6.07, 6.45) is 3.81. The van der Waals surface area contributed by atoms with Crippen LogP contribution in [-0.2, 0) is 4.79 Å². The molecule has 0 aliphatic carbocycles. The van der Waals surface area contributed by atoms with Gasteiger partial charge in [-0.3, -0.25) is 9.59 Å². The molecule has 4 nitrogen and oxygen atoms in total. The third kappa shape index (κ3) is 4.00. The van der Waals surface area contributed by atoms with Crippen molar-refractivity contribution in [2.24, 2.45) is 11.8 Å². The van der Waals surface area contributed by atoms with Crippen molar-refractivity contribution >= 4 is 27.7 Å². The molecule has 2 saturated heterocycles. The van der Waals surface area contributed by atoms with Gasteiger partial charge in [0.15, 0.2) is 0 Å². The lowest BCUT2D eigenvalue weighted by molar-refractivity contribution is -0.138. The molecule has 1 aromatic carbocycles. The zero-order valence-corrected chi connectivity index (χ0v) is 15.8. The van der Waals surface area contributed by atoms with Crippen molar-refractivity contribution in [1.82, 2.24) is 9.80 Å². The van der Waals surface area contributed by atoms with E-state index in [0.717, 1.165) is 49.2 Å². The lowest BCUT2D eigenvalue weighted by Crippen LogP contribution is -2.46. The van der Waals surface area contributed by atoms with E-state index < -0.39 is 0 Å². The minimum atomic E-state index is 0.0696. The monoisotopic (exact) mass is 392 g/mol. The number of carbonyl (C=O) groups excluding carboxylic acids is 2. The third-order valence-electron chi connectivity index (χ3n) is 5.32. The summed E-state index contributed by atoms with van der Waals surface area (Å²) in [6.45, 7) is 5.41. The van der Waals surface area contributed by atoms with Crippen LogP contribution in [0.2, 0.25) is 0 Å². The number of carbonyl (C=O) groups is 2. The van der Waals surface area contributed by atoms with Gasteiger partial charge in [-0.05, 0) is 55.9 Å². The van der Waals surface area contributed by atoms with Gasteiger partial charge in [0.25, 0.3) is 5.91 Å². The van der Waals surface area contributed by atoms with Crippen LogP contribution in [0.4, 0.5) is 0 Å². The molecular formula is C19H25BrN2O2. The van der Waals surface area contributed by atoms with Gasteiger partial charge >= 0.3 is 0 Å². The van der Waals surface area contributed by atoms with E-state index in [0.29, 0.717) is 24.6 Å². The second-order valence-electron chi connectivity index (χ2n) is 7.08. The zero-order chi connectivity index (χ0) is 17.1. The van der Waals surface area contributed by atoms with Crippen molar-refractivity contribution in [3.05, 3.63) is 34.3 Å². The first-order chi connectivity index (χ1) is 11.5. The number of hydrogen-bond donors (Lipinski definition) is 0. The Kier molecular flexibility index (Phi) is 5.59. The number of nitrogens with zero attached hydrogens (tertiary/aromatic N) is 2. The molecule has 0 radical (unpaired) electrons. The Balaban J connectivity index is 1.52. The van der Waals surface area contributed by atoms with Crippen LogP contribution in [0.25, 0.3) is 0 Å². The largest absolute Gasteiger partial charge is 0.342 e. The van der Waals surface area contributed by atoms with Gasteiger partial charge in [-0.2, -0.15) is 0 Å². The minimum absolute atomic E-state index is 0.0696. The van der Waals surface area contributed by atoms with Crippen LogP contribution >= 0.6 is 15.9 Å². The topological polar surface area (TPSA) is 40.6 Å². The molecule has 0 aromatic heterocycles. The molecule has 2 fully saturated rings. The van der Waals surface area contributed by atoms with Gasteiger partial charge in [0.2, 0.25) is 5.91 Å². The highest BCUT2D eigenvalue weighted by Crippen LogP contribution is 2.24.